The summed E-state index contributed by atoms with van der Waals surface area (Å²) < 4.78 is 18.4. The predicted molar refractivity (Wildman–Crippen MR) is 155 cm³/mol. The van der Waals surface area contributed by atoms with Crippen LogP contribution in [0, 0.1) is 0 Å². The molecule has 2 atom stereocenters. The quantitative estimate of drug-likeness (QED) is 0.0784. The van der Waals surface area contributed by atoms with Gasteiger partial charge in [-0.25, -0.2) is 0 Å². The van der Waals surface area contributed by atoms with Gasteiger partial charge in [-0.2, -0.15) is 0 Å². The lowest BCUT2D eigenvalue weighted by Gasteiger charge is -2.32. The molecule has 9 heteroatoms. The zero-order valence-electron chi connectivity index (χ0n) is 26.5. The molecule has 0 aliphatic rings. The molecule has 0 aliphatic heterocycles. The molecule has 240 valence electrons. The van der Waals surface area contributed by atoms with E-state index in [0.717, 1.165) is 22.1 Å². The van der Waals surface area contributed by atoms with Gasteiger partial charge in [-0.3, -0.25) is 0 Å². The van der Waals surface area contributed by atoms with E-state index in [2.05, 4.69) is 42.0 Å². The zero-order chi connectivity index (χ0) is 27.8. The van der Waals surface area contributed by atoms with Crippen molar-refractivity contribution in [1.82, 2.24) is 0 Å². The van der Waals surface area contributed by atoms with Crippen LogP contribution in [0.2, 0.25) is 0 Å². The van der Waals surface area contributed by atoms with E-state index in [1.807, 2.05) is 0 Å². The van der Waals surface area contributed by atoms with Crippen LogP contribution in [-0.4, -0.2) is 125 Å². The van der Waals surface area contributed by atoms with Crippen molar-refractivity contribution in [3.8, 4) is 0 Å². The molecule has 0 radical (unpaired) electrons. The first-order chi connectivity index (χ1) is 17.6. The molecule has 0 aromatic carbocycles. The van der Waals surface area contributed by atoms with E-state index in [1.54, 1.807) is 0 Å². The third-order valence-electron chi connectivity index (χ3n) is 7.01. The molecule has 0 bridgehead atoms. The smallest absolute Gasteiger partial charge is 0.126 e. The van der Waals surface area contributed by atoms with Gasteiger partial charge in [-0.15, -0.1) is 0 Å². The number of nitrogens with zero attached hydrogens (tertiary/aromatic N) is 2. The van der Waals surface area contributed by atoms with Crippen molar-refractivity contribution in [1.29, 1.82) is 0 Å². The molecule has 0 heterocycles. The van der Waals surface area contributed by atoms with Gasteiger partial charge in [0.15, 0.2) is 0 Å². The molecule has 7 nitrogen and oxygen atoms in total. The van der Waals surface area contributed by atoms with Gasteiger partial charge in [0.05, 0.1) is 80.9 Å². The van der Waals surface area contributed by atoms with Crippen molar-refractivity contribution >= 4 is 0 Å². The van der Waals surface area contributed by atoms with Crippen LogP contribution < -0.4 is 34.0 Å². The Balaban J connectivity index is -0.00000648. The van der Waals surface area contributed by atoms with Gasteiger partial charge in [0.25, 0.3) is 0 Å². The lowest BCUT2D eigenvalue weighted by Crippen LogP contribution is -3.00. The molecule has 0 spiro atoms. The lowest BCUT2D eigenvalue weighted by atomic mass is 10.1. The Morgan fingerprint density at radius 2 is 0.795 bits per heavy atom. The summed E-state index contributed by atoms with van der Waals surface area (Å²) >= 11 is 0. The van der Waals surface area contributed by atoms with Gasteiger partial charge in [-0.05, 0) is 25.7 Å². The first kappa shape index (κ1) is 44.1. The summed E-state index contributed by atoms with van der Waals surface area (Å²) in [6.45, 7) is 10.7. The van der Waals surface area contributed by atoms with E-state index < -0.39 is 12.2 Å². The molecule has 0 fully saturated rings. The third kappa shape index (κ3) is 31.4. The minimum absolute atomic E-state index is 0. The molecule has 0 aliphatic carbocycles. The summed E-state index contributed by atoms with van der Waals surface area (Å²) in [4.78, 5) is 0. The van der Waals surface area contributed by atoms with Crippen LogP contribution in [0.15, 0.2) is 0 Å². The molecule has 39 heavy (non-hydrogen) atoms. The fraction of sp³-hybridized carbons (Fsp3) is 1.00. The Bertz CT molecular complexity index is 460. The maximum atomic E-state index is 10.3. The van der Waals surface area contributed by atoms with E-state index in [9.17, 15) is 10.2 Å². The molecule has 0 amide bonds. The maximum absolute atomic E-state index is 10.3. The number of halogens is 2. The van der Waals surface area contributed by atoms with Gasteiger partial charge in [0.1, 0.15) is 25.3 Å². The van der Waals surface area contributed by atoms with E-state index in [4.69, 9.17) is 14.2 Å². The molecule has 0 saturated carbocycles. The van der Waals surface area contributed by atoms with Crippen LogP contribution >= 0.6 is 0 Å². The van der Waals surface area contributed by atoms with Gasteiger partial charge < -0.3 is 67.4 Å². The molecule has 0 rings (SSSR count). The highest BCUT2D eigenvalue weighted by atomic mass is 79.9. The van der Waals surface area contributed by atoms with Crippen molar-refractivity contribution in [2.45, 2.75) is 103 Å². The summed E-state index contributed by atoms with van der Waals surface area (Å²) in [7, 11) is 8.74. The van der Waals surface area contributed by atoms with E-state index in [1.165, 1.54) is 77.0 Å². The number of hydrogen-bond acceptors (Lipinski definition) is 5. The largest absolute Gasteiger partial charge is 1.00 e. The van der Waals surface area contributed by atoms with Crippen LogP contribution in [0.3, 0.4) is 0 Å². The Morgan fingerprint density at radius 1 is 0.487 bits per heavy atom. The van der Waals surface area contributed by atoms with Crippen molar-refractivity contribution in [3.05, 3.63) is 0 Å². The molecule has 2 N–H and O–H groups in total. The number of ether oxygens (including phenoxy) is 3. The van der Waals surface area contributed by atoms with Crippen LogP contribution in [0.1, 0.15) is 90.9 Å². The monoisotopic (exact) mass is 692 g/mol. The van der Waals surface area contributed by atoms with Gasteiger partial charge in [0.2, 0.25) is 0 Å². The lowest BCUT2D eigenvalue weighted by molar-refractivity contribution is -0.893. The fourth-order valence-electron chi connectivity index (χ4n) is 4.85. The van der Waals surface area contributed by atoms with Crippen LogP contribution in [0.25, 0.3) is 0 Å². The summed E-state index contributed by atoms with van der Waals surface area (Å²) in [5.74, 6) is 0. The Morgan fingerprint density at radius 3 is 1.15 bits per heavy atom. The Hall–Kier alpha value is 0.680. The maximum Gasteiger partial charge on any atom is 0.126 e. The van der Waals surface area contributed by atoms with Crippen LogP contribution in [-0.2, 0) is 14.2 Å². The number of quaternary nitrogens is 2. The van der Waals surface area contributed by atoms with Gasteiger partial charge in [-0.1, -0.05) is 65.2 Å². The second-order valence-electron chi connectivity index (χ2n) is 12.3. The van der Waals surface area contributed by atoms with Gasteiger partial charge >= 0.3 is 0 Å². The third-order valence-corrected chi connectivity index (χ3v) is 7.01. The van der Waals surface area contributed by atoms with E-state index in [0.29, 0.717) is 52.7 Å². The average molecular weight is 695 g/mol. The molecular weight excluding hydrogens is 628 g/mol. The summed E-state index contributed by atoms with van der Waals surface area (Å²) in [5.41, 5.74) is 0. The SMILES string of the molecule is CCCCCCCC[N+](C)(C)CC(O)COCCOCCOCC(O)C[N+](C)(C)CCCCCCCC.[Br-].[Br-]. The predicted octanol–water partition coefficient (Wildman–Crippen LogP) is -1.36. The molecule has 0 aromatic rings. The molecule has 2 unspecified atom stereocenters. The minimum Gasteiger partial charge on any atom is -1.00 e. The second-order valence-corrected chi connectivity index (χ2v) is 12.3. The first-order valence-corrected chi connectivity index (χ1v) is 15.3. The Kier molecular flexibility index (Phi) is 32.6. The van der Waals surface area contributed by atoms with Crippen LogP contribution in [0.4, 0.5) is 0 Å². The van der Waals surface area contributed by atoms with Crippen molar-refractivity contribution in [3.63, 3.8) is 0 Å². The average Bonchev–Trinajstić information content (AvgIpc) is 2.81. The van der Waals surface area contributed by atoms with Crippen molar-refractivity contribution in [2.24, 2.45) is 0 Å². The molecule has 0 saturated heterocycles. The normalized spacial score (nSPS) is 13.5. The van der Waals surface area contributed by atoms with Crippen molar-refractivity contribution in [2.75, 3.05) is 94.0 Å². The molecular formula is C30H66Br2N2O5. The van der Waals surface area contributed by atoms with Crippen LogP contribution in [0.5, 0.6) is 0 Å². The standard InChI is InChI=1S/C30H66N2O5.2BrH/c1-7-9-11-13-15-17-19-31(3,4)25-29(33)27-36-23-21-35-22-24-37-28-30(34)26-32(5,6)20-18-16-14-12-10-8-2;;/h29-30,33-34H,7-28H2,1-6H3;2*1H/q+2;;/p-2. The first-order valence-electron chi connectivity index (χ1n) is 15.3. The minimum atomic E-state index is -0.455. The topological polar surface area (TPSA) is 68.2 Å². The highest BCUT2D eigenvalue weighted by Gasteiger charge is 2.21. The number of hydrogen-bond donors (Lipinski definition) is 2. The number of aliphatic hydroxyl groups excluding tert-OH is 2. The fourth-order valence-corrected chi connectivity index (χ4v) is 4.85. The van der Waals surface area contributed by atoms with E-state index in [-0.39, 0.29) is 34.0 Å². The highest BCUT2D eigenvalue weighted by Crippen LogP contribution is 2.10. The zero-order valence-corrected chi connectivity index (χ0v) is 29.7. The van der Waals surface area contributed by atoms with Crippen molar-refractivity contribution < 1.29 is 67.4 Å². The highest BCUT2D eigenvalue weighted by molar-refractivity contribution is 4.55. The van der Waals surface area contributed by atoms with E-state index >= 15 is 0 Å². The summed E-state index contributed by atoms with van der Waals surface area (Å²) in [5, 5.41) is 20.7. The summed E-state index contributed by atoms with van der Waals surface area (Å²) in [6.07, 6.45) is 14.7. The van der Waals surface area contributed by atoms with Gasteiger partial charge in [0, 0.05) is 0 Å². The number of unbranched alkanes of at least 4 members (excludes halogenated alkanes) is 10. The second kappa shape index (κ2) is 28.8. The number of aliphatic hydroxyl groups is 2. The Labute approximate surface area is 263 Å². The number of rotatable bonds is 28. The summed E-state index contributed by atoms with van der Waals surface area (Å²) in [6, 6.07) is 0. The number of likely N-dealkylation sites (N-methyl/N-ethyl adjacent to an activating group) is 2. The molecule has 0 aromatic heterocycles.